The van der Waals surface area contributed by atoms with Gasteiger partial charge in [-0.25, -0.2) is 0 Å². The predicted octanol–water partition coefficient (Wildman–Crippen LogP) is 5.10. The Morgan fingerprint density at radius 1 is 0.958 bits per heavy atom. The fourth-order valence-electron chi connectivity index (χ4n) is 1.89. The Hall–Kier alpha value is -2.20. The van der Waals surface area contributed by atoms with E-state index in [1.165, 1.54) is 0 Å². The van der Waals surface area contributed by atoms with E-state index in [1.54, 1.807) is 69.3 Å². The van der Waals surface area contributed by atoms with E-state index >= 15 is 0 Å². The smallest absolute Gasteiger partial charge is 0.314 e. The molecule has 24 heavy (non-hydrogen) atoms. The van der Waals surface area contributed by atoms with Gasteiger partial charge in [0.1, 0.15) is 23.9 Å². The predicted molar refractivity (Wildman–Crippen MR) is 93.9 cm³/mol. The summed E-state index contributed by atoms with van der Waals surface area (Å²) in [4.78, 5) is 11.8. The van der Waals surface area contributed by atoms with Crippen LogP contribution >= 0.6 is 11.6 Å². The minimum absolute atomic E-state index is 0.239. The van der Waals surface area contributed by atoms with Crippen LogP contribution in [0.5, 0.6) is 17.2 Å². The van der Waals surface area contributed by atoms with Crippen molar-refractivity contribution in [3.05, 3.63) is 53.6 Å². The first-order chi connectivity index (χ1) is 11.4. The van der Waals surface area contributed by atoms with E-state index in [1.807, 2.05) is 0 Å². The fraction of sp³-hybridized carbons (Fsp3) is 0.316. The Kier molecular flexibility index (Phi) is 6.10. The van der Waals surface area contributed by atoms with Crippen LogP contribution in [0.25, 0.3) is 0 Å². The fourth-order valence-corrected chi connectivity index (χ4v) is 2.02. The van der Waals surface area contributed by atoms with Crippen molar-refractivity contribution in [2.75, 3.05) is 13.2 Å². The van der Waals surface area contributed by atoms with E-state index in [4.69, 9.17) is 25.8 Å². The van der Waals surface area contributed by atoms with Gasteiger partial charge in [0.15, 0.2) is 0 Å². The van der Waals surface area contributed by atoms with Crippen LogP contribution in [0.3, 0.4) is 0 Å². The molecule has 0 atom stereocenters. The summed E-state index contributed by atoms with van der Waals surface area (Å²) in [5.74, 6) is 1.79. The quantitative estimate of drug-likeness (QED) is 0.653. The standard InChI is InChI=1S/C19H21ClO4/c1-4-22-18(21)19(2,3)13-23-15-9-11-17(12-10-15)24-16-7-5-14(20)6-8-16/h5-12H,4,13H2,1-3H3. The van der Waals surface area contributed by atoms with Gasteiger partial charge in [-0.15, -0.1) is 0 Å². The molecular formula is C19H21ClO4. The molecule has 0 fully saturated rings. The highest BCUT2D eigenvalue weighted by atomic mass is 35.5. The van der Waals surface area contributed by atoms with E-state index in [2.05, 4.69) is 0 Å². The first-order valence-corrected chi connectivity index (χ1v) is 8.12. The molecule has 4 nitrogen and oxygen atoms in total. The van der Waals surface area contributed by atoms with Crippen LogP contribution in [0.15, 0.2) is 48.5 Å². The third-order valence-electron chi connectivity index (χ3n) is 3.30. The molecule has 0 saturated heterocycles. The molecule has 128 valence electrons. The topological polar surface area (TPSA) is 44.8 Å². The molecule has 0 aliphatic rings. The van der Waals surface area contributed by atoms with Crippen LogP contribution in [0.1, 0.15) is 20.8 Å². The molecule has 0 aromatic heterocycles. The van der Waals surface area contributed by atoms with Crippen molar-refractivity contribution < 1.29 is 19.0 Å². The van der Waals surface area contributed by atoms with Gasteiger partial charge in [0, 0.05) is 5.02 Å². The number of hydrogen-bond donors (Lipinski definition) is 0. The first kappa shape index (κ1) is 18.1. The molecule has 5 heteroatoms. The summed E-state index contributed by atoms with van der Waals surface area (Å²) in [6.45, 7) is 5.97. The van der Waals surface area contributed by atoms with Crippen molar-refractivity contribution in [1.82, 2.24) is 0 Å². The summed E-state index contributed by atoms with van der Waals surface area (Å²) in [7, 11) is 0. The number of benzene rings is 2. The van der Waals surface area contributed by atoms with Gasteiger partial charge in [-0.2, -0.15) is 0 Å². The highest BCUT2D eigenvalue weighted by Gasteiger charge is 2.30. The Bertz CT molecular complexity index is 663. The largest absolute Gasteiger partial charge is 0.492 e. The molecular weight excluding hydrogens is 328 g/mol. The van der Waals surface area contributed by atoms with E-state index in [9.17, 15) is 4.79 Å². The molecule has 0 aliphatic carbocycles. The highest BCUT2D eigenvalue weighted by molar-refractivity contribution is 6.30. The lowest BCUT2D eigenvalue weighted by Gasteiger charge is -2.22. The lowest BCUT2D eigenvalue weighted by molar-refractivity contribution is -0.155. The summed E-state index contributed by atoms with van der Waals surface area (Å²) in [6.07, 6.45) is 0. The molecule has 0 N–H and O–H groups in total. The molecule has 0 aliphatic heterocycles. The average molecular weight is 349 g/mol. The van der Waals surface area contributed by atoms with Crippen molar-refractivity contribution >= 4 is 17.6 Å². The maximum absolute atomic E-state index is 11.8. The maximum Gasteiger partial charge on any atom is 0.314 e. The molecule has 2 rings (SSSR count). The lowest BCUT2D eigenvalue weighted by Crippen LogP contribution is -2.32. The van der Waals surface area contributed by atoms with E-state index < -0.39 is 5.41 Å². The van der Waals surface area contributed by atoms with Gasteiger partial charge in [-0.1, -0.05) is 11.6 Å². The molecule has 0 amide bonds. The normalized spacial score (nSPS) is 11.0. The Labute approximate surface area is 147 Å². The van der Waals surface area contributed by atoms with E-state index in [-0.39, 0.29) is 12.6 Å². The van der Waals surface area contributed by atoms with E-state index in [0.717, 1.165) is 0 Å². The minimum atomic E-state index is -0.700. The number of halogens is 1. The second-order valence-corrected chi connectivity index (χ2v) is 6.36. The molecule has 2 aromatic carbocycles. The number of ether oxygens (including phenoxy) is 3. The Balaban J connectivity index is 1.92. The van der Waals surface area contributed by atoms with Gasteiger partial charge in [0.2, 0.25) is 0 Å². The first-order valence-electron chi connectivity index (χ1n) is 7.74. The van der Waals surface area contributed by atoms with Gasteiger partial charge in [0.25, 0.3) is 0 Å². The van der Waals surface area contributed by atoms with Gasteiger partial charge >= 0.3 is 5.97 Å². The zero-order valence-electron chi connectivity index (χ0n) is 14.0. The number of hydrogen-bond acceptors (Lipinski definition) is 4. The minimum Gasteiger partial charge on any atom is -0.492 e. The lowest BCUT2D eigenvalue weighted by atomic mass is 9.95. The van der Waals surface area contributed by atoms with Gasteiger partial charge in [-0.3, -0.25) is 4.79 Å². The molecule has 0 saturated carbocycles. The number of esters is 1. The number of carbonyl (C=O) groups excluding carboxylic acids is 1. The van der Waals surface area contributed by atoms with Gasteiger partial charge < -0.3 is 14.2 Å². The summed E-state index contributed by atoms with van der Waals surface area (Å²) in [6, 6.07) is 14.3. The van der Waals surface area contributed by atoms with Gasteiger partial charge in [0.05, 0.1) is 12.0 Å². The SMILES string of the molecule is CCOC(=O)C(C)(C)COc1ccc(Oc2ccc(Cl)cc2)cc1. The van der Waals surface area contributed by atoms with Crippen molar-refractivity contribution in [1.29, 1.82) is 0 Å². The van der Waals surface area contributed by atoms with Crippen LogP contribution < -0.4 is 9.47 Å². The Morgan fingerprint density at radius 3 is 2.00 bits per heavy atom. The second-order valence-electron chi connectivity index (χ2n) is 5.92. The second kappa shape index (κ2) is 8.06. The molecule has 0 spiro atoms. The molecule has 0 radical (unpaired) electrons. The maximum atomic E-state index is 11.8. The summed E-state index contributed by atoms with van der Waals surface area (Å²) >= 11 is 5.84. The zero-order chi connectivity index (χ0) is 17.6. The van der Waals surface area contributed by atoms with Crippen molar-refractivity contribution in [3.63, 3.8) is 0 Å². The van der Waals surface area contributed by atoms with Crippen molar-refractivity contribution in [2.24, 2.45) is 5.41 Å². The zero-order valence-corrected chi connectivity index (χ0v) is 14.8. The number of carbonyl (C=O) groups is 1. The average Bonchev–Trinajstić information content (AvgIpc) is 2.56. The third-order valence-corrected chi connectivity index (χ3v) is 3.55. The molecule has 0 unspecified atom stereocenters. The third kappa shape index (κ3) is 5.17. The van der Waals surface area contributed by atoms with Crippen LogP contribution in [0.4, 0.5) is 0 Å². The van der Waals surface area contributed by atoms with Crippen LogP contribution in [-0.2, 0) is 9.53 Å². The van der Waals surface area contributed by atoms with Crippen LogP contribution in [0.2, 0.25) is 5.02 Å². The van der Waals surface area contributed by atoms with Crippen molar-refractivity contribution in [3.8, 4) is 17.2 Å². The Morgan fingerprint density at radius 2 is 1.46 bits per heavy atom. The molecule has 0 bridgehead atoms. The summed E-state index contributed by atoms with van der Waals surface area (Å²) in [5.41, 5.74) is -0.700. The van der Waals surface area contributed by atoms with Crippen LogP contribution in [-0.4, -0.2) is 19.2 Å². The van der Waals surface area contributed by atoms with Gasteiger partial charge in [-0.05, 0) is 69.3 Å². The molecule has 2 aromatic rings. The van der Waals surface area contributed by atoms with E-state index in [0.29, 0.717) is 28.9 Å². The summed E-state index contributed by atoms with van der Waals surface area (Å²) < 4.78 is 16.4. The monoisotopic (exact) mass is 348 g/mol. The van der Waals surface area contributed by atoms with Crippen LogP contribution in [0, 0.1) is 5.41 Å². The summed E-state index contributed by atoms with van der Waals surface area (Å²) in [5, 5.41) is 0.662. The van der Waals surface area contributed by atoms with Crippen molar-refractivity contribution in [2.45, 2.75) is 20.8 Å². The highest BCUT2D eigenvalue weighted by Crippen LogP contribution is 2.26. The molecule has 0 heterocycles. The number of rotatable bonds is 7.